The molecular formula is C13H11ClO2S. The van der Waals surface area contributed by atoms with E-state index in [1.807, 2.05) is 5.38 Å². The first-order valence-electron chi connectivity index (χ1n) is 5.19. The van der Waals surface area contributed by atoms with Gasteiger partial charge in [-0.1, -0.05) is 17.7 Å². The normalized spacial score (nSPS) is 10.2. The summed E-state index contributed by atoms with van der Waals surface area (Å²) in [4.78, 5) is 10.8. The van der Waals surface area contributed by atoms with Gasteiger partial charge in [-0.3, -0.25) is 4.79 Å². The molecule has 0 atom stereocenters. The Hall–Kier alpha value is -1.32. The van der Waals surface area contributed by atoms with Crippen LogP contribution in [0.3, 0.4) is 0 Å². The summed E-state index contributed by atoms with van der Waals surface area (Å²) in [7, 11) is 0. The molecule has 0 aliphatic rings. The number of benzene rings is 1. The average Bonchev–Trinajstić information content (AvgIpc) is 2.84. The van der Waals surface area contributed by atoms with Gasteiger partial charge >= 0.3 is 0 Å². The maximum absolute atomic E-state index is 10.8. The van der Waals surface area contributed by atoms with Crippen LogP contribution < -0.4 is 4.74 Å². The molecule has 1 aromatic carbocycles. The molecular weight excluding hydrogens is 256 g/mol. The van der Waals surface area contributed by atoms with Crippen molar-refractivity contribution in [1.82, 2.24) is 0 Å². The molecule has 0 amide bonds. The number of carbonyl (C=O) groups is 1. The molecule has 2 aromatic rings. The van der Waals surface area contributed by atoms with Crippen molar-refractivity contribution in [2.75, 3.05) is 6.61 Å². The standard InChI is InChI=1S/C13H11ClO2S/c14-12-3-1-2-11(8-15)13(12)16-6-4-10-5-7-17-9-10/h1-3,5,7-9H,4,6H2. The van der Waals surface area contributed by atoms with Gasteiger partial charge in [0.2, 0.25) is 0 Å². The molecule has 2 rings (SSSR count). The van der Waals surface area contributed by atoms with Crippen molar-refractivity contribution in [2.24, 2.45) is 0 Å². The Kier molecular flexibility index (Phi) is 4.18. The van der Waals surface area contributed by atoms with E-state index < -0.39 is 0 Å². The SMILES string of the molecule is O=Cc1cccc(Cl)c1OCCc1ccsc1. The number of carbonyl (C=O) groups excluding carboxylic acids is 1. The van der Waals surface area contributed by atoms with Gasteiger partial charge in [0.25, 0.3) is 0 Å². The fraction of sp³-hybridized carbons (Fsp3) is 0.154. The van der Waals surface area contributed by atoms with Crippen molar-refractivity contribution in [2.45, 2.75) is 6.42 Å². The Morgan fingerprint density at radius 3 is 2.94 bits per heavy atom. The lowest BCUT2D eigenvalue weighted by Gasteiger charge is -2.09. The van der Waals surface area contributed by atoms with Crippen LogP contribution in [0, 0.1) is 0 Å². The molecule has 0 bridgehead atoms. The van der Waals surface area contributed by atoms with E-state index in [1.165, 1.54) is 5.56 Å². The predicted molar refractivity (Wildman–Crippen MR) is 70.4 cm³/mol. The van der Waals surface area contributed by atoms with Crippen LogP contribution in [0.5, 0.6) is 5.75 Å². The maximum atomic E-state index is 10.8. The van der Waals surface area contributed by atoms with Gasteiger partial charge in [0.05, 0.1) is 17.2 Å². The van der Waals surface area contributed by atoms with Gasteiger partial charge in [-0.25, -0.2) is 0 Å². The minimum absolute atomic E-state index is 0.472. The molecule has 2 nitrogen and oxygen atoms in total. The zero-order chi connectivity index (χ0) is 12.1. The van der Waals surface area contributed by atoms with Crippen LogP contribution in [0.15, 0.2) is 35.0 Å². The monoisotopic (exact) mass is 266 g/mol. The van der Waals surface area contributed by atoms with Gasteiger partial charge in [0.1, 0.15) is 5.75 Å². The summed E-state index contributed by atoms with van der Waals surface area (Å²) in [5.41, 5.74) is 1.72. The van der Waals surface area contributed by atoms with Crippen molar-refractivity contribution in [3.05, 3.63) is 51.2 Å². The Morgan fingerprint density at radius 2 is 2.24 bits per heavy atom. The topological polar surface area (TPSA) is 26.3 Å². The lowest BCUT2D eigenvalue weighted by atomic mass is 10.2. The van der Waals surface area contributed by atoms with Crippen LogP contribution in [0.1, 0.15) is 15.9 Å². The smallest absolute Gasteiger partial charge is 0.153 e. The zero-order valence-electron chi connectivity index (χ0n) is 9.06. The third-order valence-corrected chi connectivity index (χ3v) is 3.37. The minimum Gasteiger partial charge on any atom is -0.491 e. The molecule has 1 heterocycles. The van der Waals surface area contributed by atoms with E-state index in [1.54, 1.807) is 29.5 Å². The number of para-hydroxylation sites is 1. The van der Waals surface area contributed by atoms with E-state index in [-0.39, 0.29) is 0 Å². The molecule has 0 saturated heterocycles. The van der Waals surface area contributed by atoms with E-state index in [4.69, 9.17) is 16.3 Å². The highest BCUT2D eigenvalue weighted by molar-refractivity contribution is 7.07. The summed E-state index contributed by atoms with van der Waals surface area (Å²) in [6, 6.07) is 7.20. The van der Waals surface area contributed by atoms with E-state index in [0.29, 0.717) is 22.9 Å². The molecule has 0 radical (unpaired) electrons. The van der Waals surface area contributed by atoms with Crippen molar-refractivity contribution in [1.29, 1.82) is 0 Å². The van der Waals surface area contributed by atoms with Crippen LogP contribution in [0.4, 0.5) is 0 Å². The van der Waals surface area contributed by atoms with Crippen LogP contribution in [-0.4, -0.2) is 12.9 Å². The van der Waals surface area contributed by atoms with Crippen LogP contribution >= 0.6 is 22.9 Å². The Morgan fingerprint density at radius 1 is 1.35 bits per heavy atom. The fourth-order valence-corrected chi connectivity index (χ4v) is 2.42. The summed E-state index contributed by atoms with van der Waals surface area (Å²) in [6.45, 7) is 0.515. The molecule has 0 spiro atoms. The summed E-state index contributed by atoms with van der Waals surface area (Å²) in [5.74, 6) is 0.472. The predicted octanol–water partition coefficient (Wildman–Crippen LogP) is 3.84. The van der Waals surface area contributed by atoms with Crippen molar-refractivity contribution in [3.63, 3.8) is 0 Å². The van der Waals surface area contributed by atoms with Crippen molar-refractivity contribution >= 4 is 29.2 Å². The first kappa shape index (κ1) is 12.1. The average molecular weight is 267 g/mol. The summed E-state index contributed by atoms with van der Waals surface area (Å²) in [6.07, 6.45) is 1.57. The maximum Gasteiger partial charge on any atom is 0.153 e. The number of rotatable bonds is 5. The minimum atomic E-state index is 0.472. The van der Waals surface area contributed by atoms with Gasteiger partial charge in [0, 0.05) is 6.42 Å². The lowest BCUT2D eigenvalue weighted by molar-refractivity contribution is 0.111. The van der Waals surface area contributed by atoms with Crippen molar-refractivity contribution < 1.29 is 9.53 Å². The number of ether oxygens (including phenoxy) is 1. The highest BCUT2D eigenvalue weighted by Crippen LogP contribution is 2.27. The van der Waals surface area contributed by atoms with Crippen LogP contribution in [0.2, 0.25) is 5.02 Å². The number of hydrogen-bond donors (Lipinski definition) is 0. The number of aldehydes is 1. The molecule has 0 aliphatic heterocycles. The highest BCUT2D eigenvalue weighted by atomic mass is 35.5. The second-order valence-corrected chi connectivity index (χ2v) is 4.69. The third kappa shape index (κ3) is 3.08. The molecule has 4 heteroatoms. The van der Waals surface area contributed by atoms with E-state index in [9.17, 15) is 4.79 Å². The molecule has 0 fully saturated rings. The largest absolute Gasteiger partial charge is 0.491 e. The highest BCUT2D eigenvalue weighted by Gasteiger charge is 2.07. The second-order valence-electron chi connectivity index (χ2n) is 3.51. The second kappa shape index (κ2) is 5.84. The quantitative estimate of drug-likeness (QED) is 0.769. The molecule has 0 saturated carbocycles. The fourth-order valence-electron chi connectivity index (χ4n) is 1.48. The zero-order valence-corrected chi connectivity index (χ0v) is 10.6. The van der Waals surface area contributed by atoms with Gasteiger partial charge in [-0.2, -0.15) is 11.3 Å². The molecule has 17 heavy (non-hydrogen) atoms. The summed E-state index contributed by atoms with van der Waals surface area (Å²) in [5, 5.41) is 4.58. The number of halogens is 1. The molecule has 1 aromatic heterocycles. The van der Waals surface area contributed by atoms with Gasteiger partial charge in [-0.05, 0) is 34.5 Å². The first-order chi connectivity index (χ1) is 8.31. The van der Waals surface area contributed by atoms with Crippen molar-refractivity contribution in [3.8, 4) is 5.75 Å². The molecule has 0 unspecified atom stereocenters. The van der Waals surface area contributed by atoms with Gasteiger partial charge in [0.15, 0.2) is 6.29 Å². The lowest BCUT2D eigenvalue weighted by Crippen LogP contribution is -2.03. The Balaban J connectivity index is 2.01. The summed E-state index contributed by atoms with van der Waals surface area (Å²) >= 11 is 7.65. The van der Waals surface area contributed by atoms with Crippen LogP contribution in [-0.2, 0) is 6.42 Å². The molecule has 0 N–H and O–H groups in total. The Bertz CT molecular complexity index is 494. The van der Waals surface area contributed by atoms with E-state index in [0.717, 1.165) is 12.7 Å². The van der Waals surface area contributed by atoms with Crippen LogP contribution in [0.25, 0.3) is 0 Å². The number of thiophene rings is 1. The molecule has 0 aliphatic carbocycles. The first-order valence-corrected chi connectivity index (χ1v) is 6.51. The number of hydrogen-bond acceptors (Lipinski definition) is 3. The summed E-state index contributed by atoms with van der Waals surface area (Å²) < 4.78 is 5.57. The van der Waals surface area contributed by atoms with Gasteiger partial charge in [-0.15, -0.1) is 0 Å². The van der Waals surface area contributed by atoms with Gasteiger partial charge < -0.3 is 4.74 Å². The van der Waals surface area contributed by atoms with E-state index >= 15 is 0 Å². The molecule has 88 valence electrons. The Labute approximate surface area is 109 Å². The van der Waals surface area contributed by atoms with E-state index in [2.05, 4.69) is 11.4 Å². The third-order valence-electron chi connectivity index (χ3n) is 2.34.